The van der Waals surface area contributed by atoms with Crippen LogP contribution in [-0.2, 0) is 13.0 Å². The van der Waals surface area contributed by atoms with E-state index in [-0.39, 0.29) is 5.69 Å². The van der Waals surface area contributed by atoms with E-state index in [9.17, 15) is 4.79 Å². The van der Waals surface area contributed by atoms with Crippen LogP contribution in [0.1, 0.15) is 27.9 Å². The standard InChI is InChI=1S/C16H19N3O2S/c1-11(19-7-5-14-12(10-19)6-8-22-14)9-17-15-4-2-3-13(18-15)16(20)21/h2-4,6,8,11H,5,7,9-10H2,1H3,(H,17,18)(H,20,21). The first-order valence-corrected chi connectivity index (χ1v) is 8.25. The zero-order valence-corrected chi connectivity index (χ0v) is 13.3. The molecule has 0 saturated carbocycles. The highest BCUT2D eigenvalue weighted by molar-refractivity contribution is 7.10. The minimum atomic E-state index is -1.00. The van der Waals surface area contributed by atoms with Crippen molar-refractivity contribution in [1.82, 2.24) is 9.88 Å². The number of anilines is 1. The van der Waals surface area contributed by atoms with E-state index in [1.807, 2.05) is 11.3 Å². The number of nitrogens with one attached hydrogen (secondary N) is 1. The monoisotopic (exact) mass is 317 g/mol. The Morgan fingerprint density at radius 2 is 2.36 bits per heavy atom. The van der Waals surface area contributed by atoms with Crippen molar-refractivity contribution in [2.45, 2.75) is 25.9 Å². The molecule has 6 heteroatoms. The molecule has 2 aromatic rings. The summed E-state index contributed by atoms with van der Waals surface area (Å²) in [4.78, 5) is 19.0. The van der Waals surface area contributed by atoms with Gasteiger partial charge in [-0.3, -0.25) is 4.90 Å². The van der Waals surface area contributed by atoms with Crippen LogP contribution in [0.15, 0.2) is 29.6 Å². The molecule has 1 aliphatic rings. The SMILES string of the molecule is CC(CNc1cccc(C(=O)O)n1)N1CCc2sccc2C1. The third kappa shape index (κ3) is 3.28. The number of carboxylic acids is 1. The van der Waals surface area contributed by atoms with Crippen LogP contribution >= 0.6 is 11.3 Å². The first-order valence-electron chi connectivity index (χ1n) is 7.37. The molecular formula is C16H19N3O2S. The molecule has 0 aromatic carbocycles. The largest absolute Gasteiger partial charge is 0.477 e. The lowest BCUT2D eigenvalue weighted by molar-refractivity contribution is 0.0690. The van der Waals surface area contributed by atoms with Gasteiger partial charge in [0.05, 0.1) is 0 Å². The lowest BCUT2D eigenvalue weighted by Gasteiger charge is -2.32. The molecule has 22 heavy (non-hydrogen) atoms. The van der Waals surface area contributed by atoms with Gasteiger partial charge >= 0.3 is 5.97 Å². The van der Waals surface area contributed by atoms with Crippen molar-refractivity contribution in [3.05, 3.63) is 45.8 Å². The predicted molar refractivity (Wildman–Crippen MR) is 87.6 cm³/mol. The van der Waals surface area contributed by atoms with Crippen LogP contribution < -0.4 is 5.32 Å². The summed E-state index contributed by atoms with van der Waals surface area (Å²) in [6, 6.07) is 7.58. The second-order valence-electron chi connectivity index (χ2n) is 5.53. The molecule has 0 fully saturated rings. The number of hydrogen-bond donors (Lipinski definition) is 2. The molecule has 0 spiro atoms. The Labute approximate surface area is 133 Å². The normalized spacial score (nSPS) is 16.0. The van der Waals surface area contributed by atoms with Gasteiger partial charge < -0.3 is 10.4 Å². The molecular weight excluding hydrogens is 298 g/mol. The van der Waals surface area contributed by atoms with Gasteiger partial charge in [-0.1, -0.05) is 6.07 Å². The number of aromatic carboxylic acids is 1. The topological polar surface area (TPSA) is 65.5 Å². The van der Waals surface area contributed by atoms with Crippen molar-refractivity contribution in [3.8, 4) is 0 Å². The molecule has 0 radical (unpaired) electrons. The zero-order chi connectivity index (χ0) is 15.5. The van der Waals surface area contributed by atoms with E-state index in [2.05, 4.69) is 33.6 Å². The van der Waals surface area contributed by atoms with E-state index in [1.54, 1.807) is 12.1 Å². The van der Waals surface area contributed by atoms with Crippen LogP contribution in [-0.4, -0.2) is 40.1 Å². The molecule has 2 aromatic heterocycles. The van der Waals surface area contributed by atoms with Crippen LogP contribution in [0.5, 0.6) is 0 Å². The van der Waals surface area contributed by atoms with E-state index in [0.717, 1.165) is 26.1 Å². The number of pyridine rings is 1. The van der Waals surface area contributed by atoms with Gasteiger partial charge in [0.2, 0.25) is 0 Å². The third-order valence-electron chi connectivity index (χ3n) is 4.01. The highest BCUT2D eigenvalue weighted by Crippen LogP contribution is 2.25. The van der Waals surface area contributed by atoms with E-state index < -0.39 is 5.97 Å². The molecule has 0 saturated heterocycles. The van der Waals surface area contributed by atoms with Crippen LogP contribution in [0.2, 0.25) is 0 Å². The predicted octanol–water partition coefficient (Wildman–Crippen LogP) is 2.70. The van der Waals surface area contributed by atoms with Crippen LogP contribution in [0, 0.1) is 0 Å². The van der Waals surface area contributed by atoms with E-state index in [0.29, 0.717) is 11.9 Å². The van der Waals surface area contributed by atoms with Crippen molar-refractivity contribution in [2.75, 3.05) is 18.4 Å². The Kier molecular flexibility index (Phi) is 4.40. The Hall–Kier alpha value is -1.92. The highest BCUT2D eigenvalue weighted by atomic mass is 32.1. The van der Waals surface area contributed by atoms with Crippen molar-refractivity contribution >= 4 is 23.1 Å². The minimum Gasteiger partial charge on any atom is -0.477 e. The molecule has 1 atom stereocenters. The average molecular weight is 317 g/mol. The molecule has 3 rings (SSSR count). The quantitative estimate of drug-likeness (QED) is 0.887. The number of rotatable bonds is 5. The summed E-state index contributed by atoms with van der Waals surface area (Å²) >= 11 is 1.85. The number of thiophene rings is 1. The molecule has 5 nitrogen and oxygen atoms in total. The van der Waals surface area contributed by atoms with E-state index in [1.165, 1.54) is 16.5 Å². The molecule has 3 heterocycles. The van der Waals surface area contributed by atoms with Gasteiger partial charge in [0.15, 0.2) is 5.69 Å². The van der Waals surface area contributed by atoms with Crippen LogP contribution in [0.3, 0.4) is 0 Å². The number of hydrogen-bond acceptors (Lipinski definition) is 5. The van der Waals surface area contributed by atoms with Gasteiger partial charge in [-0.25, -0.2) is 9.78 Å². The van der Waals surface area contributed by atoms with E-state index >= 15 is 0 Å². The van der Waals surface area contributed by atoms with Gasteiger partial charge in [-0.05, 0) is 42.5 Å². The maximum Gasteiger partial charge on any atom is 0.354 e. The summed E-state index contributed by atoms with van der Waals surface area (Å²) in [6.07, 6.45) is 1.12. The number of carboxylic acid groups (broad SMARTS) is 1. The van der Waals surface area contributed by atoms with Crippen molar-refractivity contribution in [2.24, 2.45) is 0 Å². The van der Waals surface area contributed by atoms with Gasteiger partial charge in [-0.2, -0.15) is 0 Å². The summed E-state index contributed by atoms with van der Waals surface area (Å²) < 4.78 is 0. The second-order valence-corrected chi connectivity index (χ2v) is 6.53. The maximum absolute atomic E-state index is 10.9. The molecule has 1 aliphatic heterocycles. The molecule has 0 bridgehead atoms. The Morgan fingerprint density at radius 1 is 1.50 bits per heavy atom. The summed E-state index contributed by atoms with van der Waals surface area (Å²) in [6.45, 7) is 4.99. The summed E-state index contributed by atoms with van der Waals surface area (Å²) in [5.74, 6) is -0.391. The first-order chi connectivity index (χ1) is 10.6. The third-order valence-corrected chi connectivity index (χ3v) is 5.03. The fourth-order valence-electron chi connectivity index (χ4n) is 2.68. The molecule has 116 valence electrons. The number of carbonyl (C=O) groups is 1. The maximum atomic E-state index is 10.9. The second kappa shape index (κ2) is 6.46. The van der Waals surface area contributed by atoms with E-state index in [4.69, 9.17) is 5.11 Å². The summed E-state index contributed by atoms with van der Waals surface area (Å²) in [5, 5.41) is 14.4. The van der Waals surface area contributed by atoms with Crippen molar-refractivity contribution in [1.29, 1.82) is 0 Å². The lowest BCUT2D eigenvalue weighted by atomic mass is 10.1. The fourth-order valence-corrected chi connectivity index (χ4v) is 3.57. The Bertz CT molecular complexity index is 671. The summed E-state index contributed by atoms with van der Waals surface area (Å²) in [5.41, 5.74) is 1.51. The first kappa shape index (κ1) is 15.0. The molecule has 2 N–H and O–H groups in total. The van der Waals surface area contributed by atoms with Crippen LogP contribution in [0.4, 0.5) is 5.82 Å². The minimum absolute atomic E-state index is 0.0681. The zero-order valence-electron chi connectivity index (χ0n) is 12.5. The van der Waals surface area contributed by atoms with Gasteiger partial charge in [0, 0.05) is 30.6 Å². The van der Waals surface area contributed by atoms with Gasteiger partial charge in [0.25, 0.3) is 0 Å². The summed E-state index contributed by atoms with van der Waals surface area (Å²) in [7, 11) is 0. The number of aromatic nitrogens is 1. The number of fused-ring (bicyclic) bond motifs is 1. The lowest BCUT2D eigenvalue weighted by Crippen LogP contribution is -2.40. The smallest absolute Gasteiger partial charge is 0.354 e. The number of nitrogens with zero attached hydrogens (tertiary/aromatic N) is 2. The average Bonchev–Trinajstić information content (AvgIpc) is 3.00. The van der Waals surface area contributed by atoms with Crippen LogP contribution in [0.25, 0.3) is 0 Å². The van der Waals surface area contributed by atoms with Gasteiger partial charge in [0.1, 0.15) is 5.82 Å². The molecule has 0 amide bonds. The Balaban J connectivity index is 1.58. The molecule has 1 unspecified atom stereocenters. The molecule has 0 aliphatic carbocycles. The Morgan fingerprint density at radius 3 is 3.18 bits per heavy atom. The van der Waals surface area contributed by atoms with Crippen molar-refractivity contribution < 1.29 is 9.90 Å². The van der Waals surface area contributed by atoms with Crippen molar-refractivity contribution in [3.63, 3.8) is 0 Å². The fraction of sp³-hybridized carbons (Fsp3) is 0.375. The van der Waals surface area contributed by atoms with Gasteiger partial charge in [-0.15, -0.1) is 11.3 Å². The highest BCUT2D eigenvalue weighted by Gasteiger charge is 2.21.